The van der Waals surface area contributed by atoms with Crippen LogP contribution in [0, 0.1) is 0 Å². The molecule has 0 radical (unpaired) electrons. The minimum Gasteiger partial charge on any atom is -0.304 e. The monoisotopic (exact) mass is 434 g/mol. The van der Waals surface area contributed by atoms with Crippen LogP contribution in [0.5, 0.6) is 0 Å². The highest BCUT2D eigenvalue weighted by Gasteiger charge is 2.13. The Morgan fingerprint density at radius 1 is 0.826 bits per heavy atom. The van der Waals surface area contributed by atoms with Gasteiger partial charge in [-0.05, 0) is 43.0 Å². The number of halogens is 2. The van der Waals surface area contributed by atoms with Crippen molar-refractivity contribution in [2.24, 2.45) is 0 Å². The molecule has 0 unspecified atom stereocenters. The Balaban J connectivity index is 1.72. The molecule has 1 aromatic heterocycles. The van der Waals surface area contributed by atoms with Crippen molar-refractivity contribution in [2.45, 2.75) is 12.6 Å². The maximum absolute atomic E-state index is 4.29. The van der Waals surface area contributed by atoms with Gasteiger partial charge in [-0.15, -0.1) is 10.2 Å². The quantitative estimate of drug-likeness (QED) is 0.631. The summed E-state index contributed by atoms with van der Waals surface area (Å²) in [5.41, 5.74) is 2.49. The summed E-state index contributed by atoms with van der Waals surface area (Å²) in [5.74, 6) is 0. The zero-order chi connectivity index (χ0) is 16.1. The van der Waals surface area contributed by atoms with Crippen molar-refractivity contribution < 1.29 is 0 Å². The van der Waals surface area contributed by atoms with E-state index in [0.717, 1.165) is 15.8 Å². The van der Waals surface area contributed by atoms with E-state index in [0.29, 0.717) is 6.54 Å². The second-order valence-electron chi connectivity index (χ2n) is 5.09. The van der Waals surface area contributed by atoms with Crippen LogP contribution in [0.4, 0.5) is 0 Å². The van der Waals surface area contributed by atoms with Crippen LogP contribution in [0.2, 0.25) is 0 Å². The second kappa shape index (κ2) is 7.86. The maximum Gasteiger partial charge on any atom is 0.162 e. The molecule has 1 N–H and O–H groups in total. The van der Waals surface area contributed by atoms with Crippen LogP contribution in [0.15, 0.2) is 69.9 Å². The molecule has 23 heavy (non-hydrogen) atoms. The van der Waals surface area contributed by atoms with Gasteiger partial charge in [0.25, 0.3) is 0 Å². The molecular formula is C17H16Br2N4. The van der Waals surface area contributed by atoms with Crippen molar-refractivity contribution in [1.29, 1.82) is 0 Å². The third-order valence-electron chi connectivity index (χ3n) is 3.50. The molecule has 0 aliphatic heterocycles. The van der Waals surface area contributed by atoms with Gasteiger partial charge in [0.2, 0.25) is 0 Å². The minimum atomic E-state index is 0.153. The smallest absolute Gasteiger partial charge is 0.162 e. The lowest BCUT2D eigenvalue weighted by atomic mass is 9.99. The summed E-state index contributed by atoms with van der Waals surface area (Å²) in [6, 6.07) is 21.1. The van der Waals surface area contributed by atoms with Crippen LogP contribution in [-0.2, 0) is 6.54 Å². The number of benzene rings is 2. The van der Waals surface area contributed by atoms with E-state index in [9.17, 15) is 0 Å². The standard InChI is InChI=1S/C17H16Br2N4/c18-16-17(19)22-23(21-16)12-11-20-15(13-7-3-1-4-8-13)14-9-5-2-6-10-14/h1-10,15,20H,11-12H2. The second-order valence-corrected chi connectivity index (χ2v) is 6.59. The number of aromatic nitrogens is 3. The fraction of sp³-hybridized carbons (Fsp3) is 0.176. The molecule has 2 aromatic carbocycles. The summed E-state index contributed by atoms with van der Waals surface area (Å²) >= 11 is 6.70. The van der Waals surface area contributed by atoms with Gasteiger partial charge in [0.05, 0.1) is 12.6 Å². The highest BCUT2D eigenvalue weighted by molar-refractivity contribution is 9.13. The summed E-state index contributed by atoms with van der Waals surface area (Å²) in [4.78, 5) is 1.67. The lowest BCUT2D eigenvalue weighted by Gasteiger charge is -2.19. The third kappa shape index (κ3) is 4.28. The maximum atomic E-state index is 4.29. The Hall–Kier alpha value is -1.50. The predicted molar refractivity (Wildman–Crippen MR) is 98.2 cm³/mol. The Morgan fingerprint density at radius 2 is 1.30 bits per heavy atom. The van der Waals surface area contributed by atoms with Gasteiger partial charge in [0, 0.05) is 6.54 Å². The van der Waals surface area contributed by atoms with E-state index >= 15 is 0 Å². The van der Waals surface area contributed by atoms with Crippen molar-refractivity contribution >= 4 is 31.9 Å². The molecule has 6 heteroatoms. The van der Waals surface area contributed by atoms with Gasteiger partial charge >= 0.3 is 0 Å². The SMILES string of the molecule is Brc1nn(CCNC(c2ccccc2)c2ccccc2)nc1Br. The van der Waals surface area contributed by atoms with Crippen molar-refractivity contribution in [3.8, 4) is 0 Å². The average molecular weight is 436 g/mol. The van der Waals surface area contributed by atoms with E-state index in [1.807, 2.05) is 12.1 Å². The number of rotatable bonds is 6. The van der Waals surface area contributed by atoms with Gasteiger partial charge in [-0.1, -0.05) is 60.7 Å². The molecule has 0 fully saturated rings. The normalized spacial score (nSPS) is 11.1. The first-order valence-electron chi connectivity index (χ1n) is 7.33. The van der Waals surface area contributed by atoms with E-state index in [1.165, 1.54) is 11.1 Å². The highest BCUT2D eigenvalue weighted by Crippen LogP contribution is 2.21. The molecule has 0 atom stereocenters. The summed E-state index contributed by atoms with van der Waals surface area (Å²) in [7, 11) is 0. The molecule has 0 aliphatic carbocycles. The van der Waals surface area contributed by atoms with Gasteiger partial charge in [0.1, 0.15) is 0 Å². The zero-order valence-corrected chi connectivity index (χ0v) is 15.5. The summed E-state index contributed by atoms with van der Waals surface area (Å²) in [5, 5.41) is 12.2. The van der Waals surface area contributed by atoms with Crippen LogP contribution in [-0.4, -0.2) is 21.5 Å². The molecule has 0 aliphatic rings. The Kier molecular flexibility index (Phi) is 5.59. The molecule has 0 bridgehead atoms. The zero-order valence-electron chi connectivity index (χ0n) is 12.4. The van der Waals surface area contributed by atoms with E-state index < -0.39 is 0 Å². The molecular weight excluding hydrogens is 420 g/mol. The van der Waals surface area contributed by atoms with Crippen LogP contribution in [0.3, 0.4) is 0 Å². The summed E-state index contributed by atoms with van der Waals surface area (Å²) in [6.45, 7) is 1.46. The molecule has 0 saturated carbocycles. The topological polar surface area (TPSA) is 42.7 Å². The number of hydrogen-bond acceptors (Lipinski definition) is 3. The molecule has 118 valence electrons. The first-order valence-corrected chi connectivity index (χ1v) is 8.92. The van der Waals surface area contributed by atoms with E-state index in [4.69, 9.17) is 0 Å². The summed E-state index contributed by atoms with van der Waals surface area (Å²) < 4.78 is 1.44. The molecule has 4 nitrogen and oxygen atoms in total. The first kappa shape index (κ1) is 16.4. The Labute approximate surface area is 152 Å². The molecule has 3 aromatic rings. The van der Waals surface area contributed by atoms with Gasteiger partial charge in [-0.3, -0.25) is 0 Å². The van der Waals surface area contributed by atoms with E-state index in [1.54, 1.807) is 4.80 Å². The highest BCUT2D eigenvalue weighted by atomic mass is 79.9. The van der Waals surface area contributed by atoms with Crippen molar-refractivity contribution in [3.05, 3.63) is 81.0 Å². The van der Waals surface area contributed by atoms with Gasteiger partial charge in [0.15, 0.2) is 9.21 Å². The van der Waals surface area contributed by atoms with Gasteiger partial charge in [-0.2, -0.15) is 4.80 Å². The molecule has 0 saturated heterocycles. The molecule has 0 spiro atoms. The van der Waals surface area contributed by atoms with Crippen LogP contribution >= 0.6 is 31.9 Å². The molecule has 1 heterocycles. The Bertz CT molecular complexity index is 685. The van der Waals surface area contributed by atoms with Crippen LogP contribution in [0.1, 0.15) is 17.2 Å². The fourth-order valence-corrected chi connectivity index (χ4v) is 2.96. The van der Waals surface area contributed by atoms with E-state index in [-0.39, 0.29) is 6.04 Å². The predicted octanol–water partition coefficient (Wildman–Crippen LogP) is 4.18. The average Bonchev–Trinajstić information content (AvgIpc) is 2.91. The first-order chi connectivity index (χ1) is 11.2. The van der Waals surface area contributed by atoms with Gasteiger partial charge in [-0.25, -0.2) is 0 Å². The largest absolute Gasteiger partial charge is 0.304 e. The van der Waals surface area contributed by atoms with Gasteiger partial charge < -0.3 is 5.32 Å². The number of hydrogen-bond donors (Lipinski definition) is 1. The molecule has 3 rings (SSSR count). The summed E-state index contributed by atoms with van der Waals surface area (Å²) in [6.07, 6.45) is 0. The van der Waals surface area contributed by atoms with Crippen molar-refractivity contribution in [1.82, 2.24) is 20.3 Å². The minimum absolute atomic E-state index is 0.153. The van der Waals surface area contributed by atoms with Crippen LogP contribution < -0.4 is 5.32 Å². The number of nitrogens with one attached hydrogen (secondary N) is 1. The molecule has 0 amide bonds. The van der Waals surface area contributed by atoms with Crippen LogP contribution in [0.25, 0.3) is 0 Å². The fourth-order valence-electron chi connectivity index (χ4n) is 2.44. The Morgan fingerprint density at radius 3 is 1.78 bits per heavy atom. The van der Waals surface area contributed by atoms with Crippen molar-refractivity contribution in [3.63, 3.8) is 0 Å². The number of nitrogens with zero attached hydrogens (tertiary/aromatic N) is 3. The third-order valence-corrected chi connectivity index (χ3v) is 5.10. The lowest BCUT2D eigenvalue weighted by molar-refractivity contribution is 0.480. The van der Waals surface area contributed by atoms with Crippen molar-refractivity contribution in [2.75, 3.05) is 6.54 Å². The lowest BCUT2D eigenvalue weighted by Crippen LogP contribution is -2.26. The van der Waals surface area contributed by atoms with E-state index in [2.05, 4.69) is 95.9 Å².